The number of hydrogen-bond acceptors (Lipinski definition) is 3. The minimum atomic E-state index is 0.383. The smallest absolute Gasteiger partial charge is 0.119 e. The maximum atomic E-state index is 5.50. The first-order valence-electron chi connectivity index (χ1n) is 7.59. The van der Waals surface area contributed by atoms with Gasteiger partial charge >= 0.3 is 0 Å². The van der Waals surface area contributed by atoms with Gasteiger partial charge in [0.15, 0.2) is 0 Å². The lowest BCUT2D eigenvalue weighted by Gasteiger charge is -2.40. The van der Waals surface area contributed by atoms with Gasteiger partial charge in [0.05, 0.1) is 6.61 Å². The summed E-state index contributed by atoms with van der Waals surface area (Å²) in [6, 6.07) is 9.45. The van der Waals surface area contributed by atoms with E-state index in [0.717, 1.165) is 12.4 Å². The number of benzene rings is 1. The van der Waals surface area contributed by atoms with Gasteiger partial charge in [0.25, 0.3) is 0 Å². The Morgan fingerprint density at radius 1 is 1.35 bits per heavy atom. The van der Waals surface area contributed by atoms with E-state index in [1.54, 1.807) is 0 Å². The van der Waals surface area contributed by atoms with E-state index in [2.05, 4.69) is 62.1 Å². The maximum absolute atomic E-state index is 5.50. The Morgan fingerprint density at radius 3 is 2.65 bits per heavy atom. The van der Waals surface area contributed by atoms with Gasteiger partial charge in [-0.25, -0.2) is 0 Å². The van der Waals surface area contributed by atoms with Crippen LogP contribution in [0.3, 0.4) is 0 Å². The van der Waals surface area contributed by atoms with Crippen molar-refractivity contribution in [3.63, 3.8) is 0 Å². The van der Waals surface area contributed by atoms with Gasteiger partial charge in [0, 0.05) is 17.8 Å². The third-order valence-electron chi connectivity index (χ3n) is 4.26. The van der Waals surface area contributed by atoms with Crippen LogP contribution in [0.4, 0.5) is 0 Å². The second-order valence-corrected chi connectivity index (χ2v) is 7.41. The van der Waals surface area contributed by atoms with Gasteiger partial charge in [-0.2, -0.15) is 11.8 Å². The van der Waals surface area contributed by atoms with E-state index in [1.807, 2.05) is 6.92 Å². The van der Waals surface area contributed by atoms with Gasteiger partial charge in [0.1, 0.15) is 5.75 Å². The molecular weight excluding hydrogens is 266 g/mol. The molecule has 0 aliphatic carbocycles. The molecule has 2 rings (SSSR count). The molecule has 1 heterocycles. The third kappa shape index (κ3) is 3.92. The van der Waals surface area contributed by atoms with Crippen LogP contribution in [0, 0.1) is 5.41 Å². The van der Waals surface area contributed by atoms with Crippen molar-refractivity contribution in [2.24, 2.45) is 5.41 Å². The summed E-state index contributed by atoms with van der Waals surface area (Å²) in [5.74, 6) is 3.47. The second kappa shape index (κ2) is 6.86. The second-order valence-electron chi connectivity index (χ2n) is 6.26. The summed E-state index contributed by atoms with van der Waals surface area (Å²) in [7, 11) is 0. The number of ether oxygens (including phenoxy) is 1. The molecule has 0 amide bonds. The fourth-order valence-electron chi connectivity index (χ4n) is 2.63. The number of thioether (sulfide) groups is 1. The third-order valence-corrected chi connectivity index (χ3v) is 5.32. The van der Waals surface area contributed by atoms with Crippen LogP contribution in [0.2, 0.25) is 0 Å². The predicted molar refractivity (Wildman–Crippen MR) is 88.7 cm³/mol. The summed E-state index contributed by atoms with van der Waals surface area (Å²) in [6.07, 6.45) is 1.30. The summed E-state index contributed by atoms with van der Waals surface area (Å²) >= 11 is 2.07. The molecular formula is C17H27NOS. The van der Waals surface area contributed by atoms with Crippen molar-refractivity contribution in [2.45, 2.75) is 46.2 Å². The van der Waals surface area contributed by atoms with Crippen molar-refractivity contribution in [3.8, 4) is 5.75 Å². The van der Waals surface area contributed by atoms with Crippen LogP contribution in [0.15, 0.2) is 24.3 Å². The number of nitrogens with one attached hydrogen (secondary N) is 1. The average Bonchev–Trinajstić information content (AvgIpc) is 2.42. The first kappa shape index (κ1) is 15.7. The Bertz CT molecular complexity index is 416. The fraction of sp³-hybridized carbons (Fsp3) is 0.647. The standard InChI is InChI=1S/C17H27NOS/c1-5-19-15-8-6-14(7-9-15)13(2)18-16-12-20-11-10-17(16,3)4/h6-9,13,16,18H,5,10-12H2,1-4H3. The molecule has 0 spiro atoms. The Labute approximate surface area is 127 Å². The van der Waals surface area contributed by atoms with E-state index in [-0.39, 0.29) is 0 Å². The molecule has 0 radical (unpaired) electrons. The molecule has 2 unspecified atom stereocenters. The molecule has 1 aliphatic heterocycles. The van der Waals surface area contributed by atoms with Crippen LogP contribution in [0.25, 0.3) is 0 Å². The van der Waals surface area contributed by atoms with Crippen molar-refractivity contribution >= 4 is 11.8 Å². The van der Waals surface area contributed by atoms with E-state index >= 15 is 0 Å². The molecule has 1 saturated heterocycles. The molecule has 1 fully saturated rings. The lowest BCUT2D eigenvalue weighted by molar-refractivity contribution is 0.232. The zero-order valence-electron chi connectivity index (χ0n) is 13.1. The van der Waals surface area contributed by atoms with Crippen molar-refractivity contribution in [3.05, 3.63) is 29.8 Å². The highest BCUT2D eigenvalue weighted by atomic mass is 32.2. The highest BCUT2D eigenvalue weighted by Gasteiger charge is 2.33. The normalized spacial score (nSPS) is 23.3. The average molecular weight is 293 g/mol. The Morgan fingerprint density at radius 2 is 2.05 bits per heavy atom. The lowest BCUT2D eigenvalue weighted by Crippen LogP contribution is -2.47. The molecule has 20 heavy (non-hydrogen) atoms. The molecule has 0 aromatic heterocycles. The van der Waals surface area contributed by atoms with E-state index in [1.165, 1.54) is 23.5 Å². The summed E-state index contributed by atoms with van der Waals surface area (Å²) < 4.78 is 5.50. The molecule has 112 valence electrons. The molecule has 1 aliphatic rings. The van der Waals surface area contributed by atoms with Crippen molar-refractivity contribution < 1.29 is 4.74 Å². The molecule has 1 aromatic rings. The van der Waals surface area contributed by atoms with Crippen LogP contribution in [-0.4, -0.2) is 24.2 Å². The molecule has 1 aromatic carbocycles. The van der Waals surface area contributed by atoms with E-state index in [0.29, 0.717) is 17.5 Å². The minimum Gasteiger partial charge on any atom is -0.494 e. The highest BCUT2D eigenvalue weighted by molar-refractivity contribution is 7.99. The monoisotopic (exact) mass is 293 g/mol. The predicted octanol–water partition coefficient (Wildman–Crippen LogP) is 4.27. The first-order chi connectivity index (χ1) is 9.53. The van der Waals surface area contributed by atoms with Gasteiger partial charge in [-0.1, -0.05) is 26.0 Å². The summed E-state index contributed by atoms with van der Waals surface area (Å²) in [5, 5.41) is 3.82. The summed E-state index contributed by atoms with van der Waals surface area (Å²) in [5.41, 5.74) is 1.73. The highest BCUT2D eigenvalue weighted by Crippen LogP contribution is 2.35. The number of rotatable bonds is 5. The number of hydrogen-bond donors (Lipinski definition) is 1. The van der Waals surface area contributed by atoms with E-state index in [9.17, 15) is 0 Å². The van der Waals surface area contributed by atoms with Crippen molar-refractivity contribution in [2.75, 3.05) is 18.1 Å². The van der Waals surface area contributed by atoms with Crippen LogP contribution >= 0.6 is 11.8 Å². The first-order valence-corrected chi connectivity index (χ1v) is 8.75. The van der Waals surface area contributed by atoms with Gasteiger partial charge in [-0.3, -0.25) is 0 Å². The zero-order chi connectivity index (χ0) is 14.6. The largest absolute Gasteiger partial charge is 0.494 e. The van der Waals surface area contributed by atoms with Crippen LogP contribution < -0.4 is 10.1 Å². The van der Waals surface area contributed by atoms with Gasteiger partial charge in [0.2, 0.25) is 0 Å². The van der Waals surface area contributed by atoms with Gasteiger partial charge in [-0.05, 0) is 49.1 Å². The summed E-state index contributed by atoms with van der Waals surface area (Å²) in [4.78, 5) is 0. The fourth-order valence-corrected chi connectivity index (χ4v) is 4.25. The van der Waals surface area contributed by atoms with Crippen LogP contribution in [0.1, 0.15) is 45.7 Å². The molecule has 1 N–H and O–H groups in total. The Hall–Kier alpha value is -0.670. The van der Waals surface area contributed by atoms with Gasteiger partial charge < -0.3 is 10.1 Å². The molecule has 2 atom stereocenters. The maximum Gasteiger partial charge on any atom is 0.119 e. The van der Waals surface area contributed by atoms with Crippen LogP contribution in [-0.2, 0) is 0 Å². The quantitative estimate of drug-likeness (QED) is 0.876. The molecule has 3 heteroatoms. The minimum absolute atomic E-state index is 0.383. The molecule has 0 saturated carbocycles. The van der Waals surface area contributed by atoms with Crippen molar-refractivity contribution in [1.82, 2.24) is 5.32 Å². The molecule has 0 bridgehead atoms. The topological polar surface area (TPSA) is 21.3 Å². The van der Waals surface area contributed by atoms with E-state index in [4.69, 9.17) is 4.74 Å². The van der Waals surface area contributed by atoms with Crippen molar-refractivity contribution in [1.29, 1.82) is 0 Å². The Balaban J connectivity index is 1.98. The zero-order valence-corrected chi connectivity index (χ0v) is 13.9. The van der Waals surface area contributed by atoms with E-state index < -0.39 is 0 Å². The van der Waals surface area contributed by atoms with Crippen LogP contribution in [0.5, 0.6) is 5.75 Å². The lowest BCUT2D eigenvalue weighted by atomic mass is 9.81. The molecule has 2 nitrogen and oxygen atoms in total. The summed E-state index contributed by atoms with van der Waals surface area (Å²) in [6.45, 7) is 9.76. The SMILES string of the molecule is CCOc1ccc(C(C)NC2CSCCC2(C)C)cc1. The Kier molecular flexibility index (Phi) is 5.39. The van der Waals surface area contributed by atoms with Gasteiger partial charge in [-0.15, -0.1) is 0 Å².